The number of anilines is 1. The van der Waals surface area contributed by atoms with E-state index in [-0.39, 0.29) is 11.7 Å². The van der Waals surface area contributed by atoms with E-state index in [1.807, 2.05) is 17.0 Å². The average Bonchev–Trinajstić information content (AvgIpc) is 3.20. The van der Waals surface area contributed by atoms with Gasteiger partial charge in [-0.05, 0) is 36.4 Å². The molecule has 1 amide bonds. The van der Waals surface area contributed by atoms with Crippen LogP contribution in [0.2, 0.25) is 0 Å². The van der Waals surface area contributed by atoms with Gasteiger partial charge in [-0.15, -0.1) is 11.8 Å². The molecule has 0 radical (unpaired) electrons. The first-order valence-corrected chi connectivity index (χ1v) is 10.2. The minimum absolute atomic E-state index is 0.0924. The summed E-state index contributed by atoms with van der Waals surface area (Å²) in [4.78, 5) is 26.1. The van der Waals surface area contributed by atoms with Crippen molar-refractivity contribution in [3.63, 3.8) is 0 Å². The number of piperazine rings is 1. The summed E-state index contributed by atoms with van der Waals surface area (Å²) in [5, 5.41) is 3.90. The Balaban J connectivity index is 1.28. The van der Waals surface area contributed by atoms with Crippen LogP contribution in [-0.4, -0.2) is 57.9 Å². The van der Waals surface area contributed by atoms with Crippen LogP contribution in [-0.2, 0) is 4.79 Å². The lowest BCUT2D eigenvalue weighted by molar-refractivity contribution is -0.128. The van der Waals surface area contributed by atoms with Crippen LogP contribution in [0, 0.1) is 12.7 Å². The highest BCUT2D eigenvalue weighted by Crippen LogP contribution is 2.21. The van der Waals surface area contributed by atoms with Crippen molar-refractivity contribution in [3.8, 4) is 11.4 Å². The molecule has 1 fully saturated rings. The minimum atomic E-state index is -0.272. The molecule has 0 atom stereocenters. The molecule has 0 aliphatic carbocycles. The molecule has 1 aromatic carbocycles. The zero-order valence-electron chi connectivity index (χ0n) is 15.9. The molecule has 1 aliphatic heterocycles. The number of carbonyl (C=O) groups excluding carboxylic acids is 1. The van der Waals surface area contributed by atoms with Crippen LogP contribution < -0.4 is 4.90 Å². The quantitative estimate of drug-likeness (QED) is 0.595. The smallest absolute Gasteiger partial charge is 0.233 e. The van der Waals surface area contributed by atoms with Gasteiger partial charge in [-0.1, -0.05) is 5.16 Å². The minimum Gasteiger partial charge on any atom is -0.353 e. The summed E-state index contributed by atoms with van der Waals surface area (Å²) in [6, 6.07) is 10.0. The number of carbonyl (C=O) groups is 1. The summed E-state index contributed by atoms with van der Waals surface area (Å²) in [5.74, 6) is 2.07. The number of halogens is 1. The number of nitrogens with zero attached hydrogens (tertiary/aromatic N) is 5. The van der Waals surface area contributed by atoms with E-state index < -0.39 is 0 Å². The molecule has 4 rings (SSSR count). The van der Waals surface area contributed by atoms with Gasteiger partial charge in [-0.2, -0.15) is 4.98 Å². The molecule has 2 aromatic heterocycles. The molecule has 0 bridgehead atoms. The SMILES string of the molecule is Cc1nc(-c2ccc(N3CCN(C(=O)CSc4ccc(F)cc4)CC3)nc2)no1. The van der Waals surface area contributed by atoms with E-state index >= 15 is 0 Å². The van der Waals surface area contributed by atoms with E-state index in [1.54, 1.807) is 25.3 Å². The highest BCUT2D eigenvalue weighted by molar-refractivity contribution is 8.00. The van der Waals surface area contributed by atoms with Crippen molar-refractivity contribution in [1.82, 2.24) is 20.0 Å². The number of thioether (sulfide) groups is 1. The molecular formula is C20H20FN5O2S. The van der Waals surface area contributed by atoms with E-state index in [0.29, 0.717) is 30.6 Å². The standard InChI is InChI=1S/C20H20FN5O2S/c1-14-23-20(24-28-14)15-2-7-18(22-12-15)25-8-10-26(11-9-25)19(27)13-29-17-5-3-16(21)4-6-17/h2-7,12H,8-11,13H2,1H3. The molecule has 0 unspecified atom stereocenters. The van der Waals surface area contributed by atoms with E-state index in [1.165, 1.54) is 23.9 Å². The first kappa shape index (κ1) is 19.4. The number of rotatable bonds is 5. The van der Waals surface area contributed by atoms with Gasteiger partial charge in [0.05, 0.1) is 5.75 Å². The Morgan fingerprint density at radius 2 is 1.90 bits per heavy atom. The Morgan fingerprint density at radius 3 is 2.52 bits per heavy atom. The second kappa shape index (κ2) is 8.60. The third-order valence-electron chi connectivity index (χ3n) is 4.67. The molecule has 1 aliphatic rings. The molecule has 29 heavy (non-hydrogen) atoms. The van der Waals surface area contributed by atoms with Gasteiger partial charge < -0.3 is 14.3 Å². The molecule has 0 N–H and O–H groups in total. The summed E-state index contributed by atoms with van der Waals surface area (Å²) in [7, 11) is 0. The first-order valence-electron chi connectivity index (χ1n) is 9.26. The van der Waals surface area contributed by atoms with Crippen LogP contribution >= 0.6 is 11.8 Å². The lowest BCUT2D eigenvalue weighted by atomic mass is 10.2. The van der Waals surface area contributed by atoms with Crippen molar-refractivity contribution in [2.24, 2.45) is 0 Å². The fourth-order valence-corrected chi connectivity index (χ4v) is 3.88. The predicted octanol–water partition coefficient (Wildman–Crippen LogP) is 3.02. The Morgan fingerprint density at radius 1 is 1.14 bits per heavy atom. The number of pyridine rings is 1. The van der Waals surface area contributed by atoms with Crippen molar-refractivity contribution in [1.29, 1.82) is 0 Å². The molecule has 150 valence electrons. The summed E-state index contributed by atoms with van der Waals surface area (Å²) in [6.07, 6.45) is 1.73. The maximum Gasteiger partial charge on any atom is 0.233 e. The monoisotopic (exact) mass is 413 g/mol. The van der Waals surface area contributed by atoms with Crippen LogP contribution in [0.3, 0.4) is 0 Å². The number of amides is 1. The summed E-state index contributed by atoms with van der Waals surface area (Å²) < 4.78 is 18.0. The van der Waals surface area contributed by atoms with E-state index in [2.05, 4.69) is 20.0 Å². The van der Waals surface area contributed by atoms with Crippen molar-refractivity contribution < 1.29 is 13.7 Å². The van der Waals surface area contributed by atoms with Gasteiger partial charge in [0.25, 0.3) is 0 Å². The maximum absolute atomic E-state index is 13.0. The molecule has 1 saturated heterocycles. The van der Waals surface area contributed by atoms with Crippen LogP contribution in [0.1, 0.15) is 5.89 Å². The van der Waals surface area contributed by atoms with Crippen molar-refractivity contribution in [2.45, 2.75) is 11.8 Å². The second-order valence-corrected chi connectivity index (χ2v) is 7.70. The third kappa shape index (κ3) is 4.73. The highest BCUT2D eigenvalue weighted by Gasteiger charge is 2.22. The van der Waals surface area contributed by atoms with Gasteiger partial charge >= 0.3 is 0 Å². The fourth-order valence-electron chi connectivity index (χ4n) is 3.07. The lowest BCUT2D eigenvalue weighted by Gasteiger charge is -2.35. The first-order chi connectivity index (χ1) is 14.1. The second-order valence-electron chi connectivity index (χ2n) is 6.65. The van der Waals surface area contributed by atoms with Gasteiger partial charge in [0.1, 0.15) is 11.6 Å². The lowest BCUT2D eigenvalue weighted by Crippen LogP contribution is -2.49. The van der Waals surface area contributed by atoms with Gasteiger partial charge in [-0.25, -0.2) is 9.37 Å². The average molecular weight is 413 g/mol. The highest BCUT2D eigenvalue weighted by atomic mass is 32.2. The molecule has 0 saturated carbocycles. The zero-order valence-corrected chi connectivity index (χ0v) is 16.7. The Kier molecular flexibility index (Phi) is 5.75. The van der Waals surface area contributed by atoms with E-state index in [0.717, 1.165) is 29.4 Å². The predicted molar refractivity (Wildman–Crippen MR) is 108 cm³/mol. The number of aryl methyl sites for hydroxylation is 1. The molecule has 3 heterocycles. The zero-order chi connectivity index (χ0) is 20.2. The van der Waals surface area contributed by atoms with Gasteiger partial charge in [0.15, 0.2) is 0 Å². The van der Waals surface area contributed by atoms with Gasteiger partial charge in [-0.3, -0.25) is 4.79 Å². The molecular weight excluding hydrogens is 393 g/mol. The normalized spacial score (nSPS) is 14.3. The molecule has 3 aromatic rings. The van der Waals surface area contributed by atoms with Crippen molar-refractivity contribution in [2.75, 3.05) is 36.8 Å². The van der Waals surface area contributed by atoms with Crippen molar-refractivity contribution in [3.05, 3.63) is 54.3 Å². The summed E-state index contributed by atoms with van der Waals surface area (Å²) in [6.45, 7) is 4.49. The van der Waals surface area contributed by atoms with E-state index in [4.69, 9.17) is 4.52 Å². The number of hydrogen-bond acceptors (Lipinski definition) is 7. The Hall–Kier alpha value is -2.94. The van der Waals surface area contributed by atoms with Crippen LogP contribution in [0.25, 0.3) is 11.4 Å². The number of hydrogen-bond donors (Lipinski definition) is 0. The fraction of sp³-hybridized carbons (Fsp3) is 0.300. The van der Waals surface area contributed by atoms with Crippen LogP contribution in [0.15, 0.2) is 52.0 Å². The van der Waals surface area contributed by atoms with Crippen molar-refractivity contribution >= 4 is 23.5 Å². The molecule has 9 heteroatoms. The Labute approximate surface area is 171 Å². The summed E-state index contributed by atoms with van der Waals surface area (Å²) in [5.41, 5.74) is 0.803. The van der Waals surface area contributed by atoms with Gasteiger partial charge in [0.2, 0.25) is 17.6 Å². The molecule has 7 nitrogen and oxygen atoms in total. The maximum atomic E-state index is 13.0. The molecule has 0 spiro atoms. The third-order valence-corrected chi connectivity index (χ3v) is 5.66. The van der Waals surface area contributed by atoms with Crippen LogP contribution in [0.4, 0.5) is 10.2 Å². The Bertz CT molecular complexity index is 969. The topological polar surface area (TPSA) is 75.4 Å². The van der Waals surface area contributed by atoms with Crippen LogP contribution in [0.5, 0.6) is 0 Å². The largest absolute Gasteiger partial charge is 0.353 e. The van der Waals surface area contributed by atoms with Gasteiger partial charge in [0, 0.05) is 49.8 Å². The number of benzene rings is 1. The number of aromatic nitrogens is 3. The summed E-state index contributed by atoms with van der Waals surface area (Å²) >= 11 is 1.43. The van der Waals surface area contributed by atoms with E-state index in [9.17, 15) is 9.18 Å².